The fourth-order valence-electron chi connectivity index (χ4n) is 2.49. The number of alkyl halides is 1. The zero-order valence-corrected chi connectivity index (χ0v) is 13.6. The van der Waals surface area contributed by atoms with Crippen LogP contribution in [0.5, 0.6) is 0 Å². The first kappa shape index (κ1) is 17.5. The van der Waals surface area contributed by atoms with Gasteiger partial charge in [-0.05, 0) is 29.3 Å². The van der Waals surface area contributed by atoms with Gasteiger partial charge in [0.05, 0.1) is 11.6 Å². The van der Waals surface area contributed by atoms with Crippen LogP contribution in [0.3, 0.4) is 0 Å². The van der Waals surface area contributed by atoms with Crippen LogP contribution in [0.4, 0.5) is 8.78 Å². The minimum Gasteiger partial charge on any atom is -0.339 e. The van der Waals surface area contributed by atoms with Crippen molar-refractivity contribution >= 4 is 5.91 Å². The molecule has 0 saturated heterocycles. The van der Waals surface area contributed by atoms with Crippen molar-refractivity contribution in [2.24, 2.45) is 0 Å². The highest BCUT2D eigenvalue weighted by atomic mass is 19.1. The summed E-state index contributed by atoms with van der Waals surface area (Å²) in [6, 6.07) is 10.8. The highest BCUT2D eigenvalue weighted by Crippen LogP contribution is 2.23. The molecule has 1 aromatic carbocycles. The number of nitrogens with one attached hydrogen (secondary N) is 2. The summed E-state index contributed by atoms with van der Waals surface area (Å²) in [5.74, 6) is -1.08. The third-order valence-corrected chi connectivity index (χ3v) is 3.85. The van der Waals surface area contributed by atoms with Crippen LogP contribution in [0.1, 0.15) is 33.2 Å². The Morgan fingerprint density at radius 1 is 1.15 bits per heavy atom. The van der Waals surface area contributed by atoms with Crippen molar-refractivity contribution in [3.8, 4) is 0 Å². The SMILES string of the molecule is O=C(N[C@H](c1ccc(CF)cc1)c1ncccc1F)c1ccc(=O)[nH]c1. The summed E-state index contributed by atoms with van der Waals surface area (Å²) in [6.07, 6.45) is 2.70. The molecule has 7 heteroatoms. The summed E-state index contributed by atoms with van der Waals surface area (Å²) >= 11 is 0. The number of carbonyl (C=O) groups excluding carboxylic acids is 1. The van der Waals surface area contributed by atoms with E-state index in [1.165, 1.54) is 36.7 Å². The third kappa shape index (κ3) is 3.83. The zero-order chi connectivity index (χ0) is 18.5. The molecule has 3 aromatic rings. The first-order valence-corrected chi connectivity index (χ1v) is 7.83. The lowest BCUT2D eigenvalue weighted by Crippen LogP contribution is -2.31. The number of H-pyrrole nitrogens is 1. The lowest BCUT2D eigenvalue weighted by molar-refractivity contribution is 0.0941. The Balaban J connectivity index is 1.97. The molecule has 0 bridgehead atoms. The van der Waals surface area contributed by atoms with Gasteiger partial charge in [-0.25, -0.2) is 8.78 Å². The van der Waals surface area contributed by atoms with Gasteiger partial charge in [0.1, 0.15) is 18.2 Å². The molecule has 1 atom stereocenters. The topological polar surface area (TPSA) is 74.8 Å². The second kappa shape index (κ2) is 7.69. The number of hydrogen-bond acceptors (Lipinski definition) is 3. The maximum atomic E-state index is 14.3. The number of benzene rings is 1. The summed E-state index contributed by atoms with van der Waals surface area (Å²) in [5, 5.41) is 2.71. The van der Waals surface area contributed by atoms with Gasteiger partial charge in [-0.1, -0.05) is 24.3 Å². The van der Waals surface area contributed by atoms with E-state index in [0.717, 1.165) is 0 Å². The van der Waals surface area contributed by atoms with Crippen LogP contribution in [-0.4, -0.2) is 15.9 Å². The number of aromatic nitrogens is 2. The number of nitrogens with zero attached hydrogens (tertiary/aromatic N) is 1. The van der Waals surface area contributed by atoms with Crippen molar-refractivity contribution in [2.45, 2.75) is 12.7 Å². The molecule has 0 aliphatic heterocycles. The zero-order valence-electron chi connectivity index (χ0n) is 13.6. The summed E-state index contributed by atoms with van der Waals surface area (Å²) in [6.45, 7) is -0.618. The summed E-state index contributed by atoms with van der Waals surface area (Å²) in [4.78, 5) is 30.1. The van der Waals surface area contributed by atoms with E-state index in [1.54, 1.807) is 24.3 Å². The molecule has 0 fully saturated rings. The maximum absolute atomic E-state index is 14.3. The Morgan fingerprint density at radius 2 is 1.92 bits per heavy atom. The lowest BCUT2D eigenvalue weighted by Gasteiger charge is -2.19. The van der Waals surface area contributed by atoms with Gasteiger partial charge in [0.15, 0.2) is 0 Å². The van der Waals surface area contributed by atoms with Gasteiger partial charge in [-0.3, -0.25) is 14.6 Å². The molecule has 0 radical (unpaired) electrons. The van der Waals surface area contributed by atoms with Crippen molar-refractivity contribution in [3.05, 3.63) is 99.5 Å². The quantitative estimate of drug-likeness (QED) is 0.739. The molecule has 2 aromatic heterocycles. The van der Waals surface area contributed by atoms with Crippen LogP contribution >= 0.6 is 0 Å². The number of halogens is 2. The van der Waals surface area contributed by atoms with E-state index >= 15 is 0 Å². The van der Waals surface area contributed by atoms with Crippen LogP contribution in [0.2, 0.25) is 0 Å². The highest BCUT2D eigenvalue weighted by Gasteiger charge is 2.22. The lowest BCUT2D eigenvalue weighted by atomic mass is 10.0. The van der Waals surface area contributed by atoms with E-state index in [4.69, 9.17) is 0 Å². The van der Waals surface area contributed by atoms with Gasteiger partial charge < -0.3 is 10.3 Å². The molecule has 132 valence electrons. The molecular weight excluding hydrogens is 340 g/mol. The Kier molecular flexibility index (Phi) is 5.17. The summed E-state index contributed by atoms with van der Waals surface area (Å²) in [5.41, 5.74) is 0.943. The van der Waals surface area contributed by atoms with Crippen molar-refractivity contribution in [1.82, 2.24) is 15.3 Å². The molecule has 0 aliphatic carbocycles. The average Bonchev–Trinajstić information content (AvgIpc) is 2.67. The van der Waals surface area contributed by atoms with Gasteiger partial charge in [-0.2, -0.15) is 0 Å². The van der Waals surface area contributed by atoms with Crippen LogP contribution < -0.4 is 10.9 Å². The molecule has 0 aliphatic rings. The molecule has 0 spiro atoms. The van der Waals surface area contributed by atoms with Crippen LogP contribution in [0.15, 0.2) is 65.7 Å². The molecule has 0 unspecified atom stereocenters. The predicted octanol–water partition coefficient (Wildman–Crippen LogP) is 2.90. The minimum absolute atomic E-state index is 0.0401. The fraction of sp³-hybridized carbons (Fsp3) is 0.105. The number of aromatic amines is 1. The Morgan fingerprint density at radius 3 is 2.54 bits per heavy atom. The van der Waals surface area contributed by atoms with Crippen LogP contribution in [0, 0.1) is 5.82 Å². The summed E-state index contributed by atoms with van der Waals surface area (Å²) in [7, 11) is 0. The van der Waals surface area contributed by atoms with Crippen molar-refractivity contribution in [3.63, 3.8) is 0 Å². The maximum Gasteiger partial charge on any atom is 0.253 e. The van der Waals surface area contributed by atoms with Crippen molar-refractivity contribution in [2.75, 3.05) is 0 Å². The van der Waals surface area contributed by atoms with E-state index in [0.29, 0.717) is 11.1 Å². The van der Waals surface area contributed by atoms with Gasteiger partial charge in [0.2, 0.25) is 5.56 Å². The molecule has 0 saturated carbocycles. The van der Waals surface area contributed by atoms with E-state index < -0.39 is 24.4 Å². The number of pyridine rings is 2. The molecule has 3 rings (SSSR count). The number of hydrogen-bond donors (Lipinski definition) is 2. The average molecular weight is 355 g/mol. The van der Waals surface area contributed by atoms with Gasteiger partial charge in [0.25, 0.3) is 5.91 Å². The Labute approximate surface area is 147 Å². The van der Waals surface area contributed by atoms with Gasteiger partial charge >= 0.3 is 0 Å². The second-order valence-electron chi connectivity index (χ2n) is 5.59. The Bertz CT molecular complexity index is 951. The summed E-state index contributed by atoms with van der Waals surface area (Å²) < 4.78 is 27.0. The number of carbonyl (C=O) groups is 1. The van der Waals surface area contributed by atoms with E-state index in [1.807, 2.05) is 0 Å². The number of amides is 1. The molecule has 2 heterocycles. The molecule has 2 N–H and O–H groups in total. The molecule has 5 nitrogen and oxygen atoms in total. The van der Waals surface area contributed by atoms with Crippen LogP contribution in [-0.2, 0) is 6.67 Å². The van der Waals surface area contributed by atoms with E-state index in [2.05, 4.69) is 15.3 Å². The molecule has 26 heavy (non-hydrogen) atoms. The van der Waals surface area contributed by atoms with E-state index in [9.17, 15) is 18.4 Å². The van der Waals surface area contributed by atoms with Crippen molar-refractivity contribution in [1.29, 1.82) is 0 Å². The third-order valence-electron chi connectivity index (χ3n) is 3.85. The Hall–Kier alpha value is -3.35. The molecular formula is C19H15F2N3O2. The highest BCUT2D eigenvalue weighted by molar-refractivity contribution is 5.94. The normalized spacial score (nSPS) is 11.8. The predicted molar refractivity (Wildman–Crippen MR) is 91.8 cm³/mol. The monoisotopic (exact) mass is 355 g/mol. The van der Waals surface area contributed by atoms with E-state index in [-0.39, 0.29) is 16.8 Å². The van der Waals surface area contributed by atoms with Gasteiger partial charge in [-0.15, -0.1) is 0 Å². The minimum atomic E-state index is -0.871. The van der Waals surface area contributed by atoms with Gasteiger partial charge in [0, 0.05) is 18.5 Å². The molecule has 1 amide bonds. The first-order chi connectivity index (χ1) is 12.6. The largest absolute Gasteiger partial charge is 0.339 e. The standard InChI is InChI=1S/C19H15F2N3O2/c20-10-12-3-5-13(6-4-12)17(18-15(21)2-1-9-22-18)24-19(26)14-7-8-16(25)23-11-14/h1-9,11,17H,10H2,(H,23,25)(H,24,26)/t17-/m1/s1. The first-order valence-electron chi connectivity index (χ1n) is 7.83. The smallest absolute Gasteiger partial charge is 0.253 e. The fourth-order valence-corrected chi connectivity index (χ4v) is 2.49. The van der Waals surface area contributed by atoms with Crippen LogP contribution in [0.25, 0.3) is 0 Å². The van der Waals surface area contributed by atoms with Crippen molar-refractivity contribution < 1.29 is 13.6 Å². The number of rotatable bonds is 5. The second-order valence-corrected chi connectivity index (χ2v) is 5.59.